The number of amides is 3. The Balaban J connectivity index is 1.62. The molecule has 3 aliphatic rings. The van der Waals surface area contributed by atoms with E-state index >= 15 is 0 Å². The molecule has 8 heteroatoms. The van der Waals surface area contributed by atoms with E-state index in [1.165, 1.54) is 12.0 Å². The predicted molar refractivity (Wildman–Crippen MR) is 116 cm³/mol. The van der Waals surface area contributed by atoms with Crippen molar-refractivity contribution < 1.29 is 24.2 Å². The van der Waals surface area contributed by atoms with Crippen molar-refractivity contribution >= 4 is 23.4 Å². The maximum Gasteiger partial charge on any atom is 0.250 e. The SMILES string of the molecule is COc1ccccc1CN1C(=O)[C@@H]2[C@@H]([C@@H](C)O)N[C@@]3(C(=O)Nc4c(C)cccc43)[C@@H]2C1=O. The summed E-state index contributed by atoms with van der Waals surface area (Å²) in [5.74, 6) is -2.42. The van der Waals surface area contributed by atoms with Crippen LogP contribution in [0.4, 0.5) is 5.69 Å². The number of rotatable bonds is 4. The number of nitrogens with zero attached hydrogens (tertiary/aromatic N) is 1. The molecule has 2 fully saturated rings. The molecule has 0 aliphatic carbocycles. The van der Waals surface area contributed by atoms with Crippen LogP contribution in [0.25, 0.3) is 0 Å². The fraction of sp³-hybridized carbons (Fsp3) is 0.375. The summed E-state index contributed by atoms with van der Waals surface area (Å²) in [5, 5.41) is 16.6. The minimum Gasteiger partial charge on any atom is -0.496 e. The molecule has 8 nitrogen and oxygen atoms in total. The average molecular weight is 435 g/mol. The van der Waals surface area contributed by atoms with Crippen molar-refractivity contribution in [3.8, 4) is 5.75 Å². The number of aliphatic hydroxyl groups excluding tert-OH is 1. The second-order valence-electron chi connectivity index (χ2n) is 8.75. The highest BCUT2D eigenvalue weighted by Crippen LogP contribution is 2.54. The van der Waals surface area contributed by atoms with Gasteiger partial charge in [-0.3, -0.25) is 24.6 Å². The third-order valence-corrected chi connectivity index (χ3v) is 7.03. The first kappa shape index (κ1) is 20.7. The minimum atomic E-state index is -1.41. The second-order valence-corrected chi connectivity index (χ2v) is 8.75. The lowest BCUT2D eigenvalue weighted by Gasteiger charge is -2.30. The zero-order valence-corrected chi connectivity index (χ0v) is 18.1. The molecule has 3 heterocycles. The van der Waals surface area contributed by atoms with Gasteiger partial charge in [0, 0.05) is 22.9 Å². The number of fused-ring (bicyclic) bond motifs is 4. The van der Waals surface area contributed by atoms with Crippen LogP contribution >= 0.6 is 0 Å². The summed E-state index contributed by atoms with van der Waals surface area (Å²) in [7, 11) is 1.53. The number of nitrogens with one attached hydrogen (secondary N) is 2. The van der Waals surface area contributed by atoms with Crippen LogP contribution in [0.2, 0.25) is 0 Å². The van der Waals surface area contributed by atoms with Gasteiger partial charge in [0.1, 0.15) is 11.3 Å². The topological polar surface area (TPSA) is 108 Å². The summed E-state index contributed by atoms with van der Waals surface area (Å²) in [6, 6.07) is 12.0. The molecule has 0 bridgehead atoms. The summed E-state index contributed by atoms with van der Waals surface area (Å²) in [4.78, 5) is 41.8. The Labute approximate surface area is 185 Å². The summed E-state index contributed by atoms with van der Waals surface area (Å²) in [6.07, 6.45) is -0.938. The molecule has 3 aliphatic heterocycles. The molecule has 5 rings (SSSR count). The molecule has 2 saturated heterocycles. The quantitative estimate of drug-likeness (QED) is 0.625. The number of imide groups is 1. The fourth-order valence-corrected chi connectivity index (χ4v) is 5.54. The summed E-state index contributed by atoms with van der Waals surface area (Å²) < 4.78 is 5.38. The molecule has 0 aromatic heterocycles. The van der Waals surface area contributed by atoms with Crippen LogP contribution in [0.15, 0.2) is 42.5 Å². The van der Waals surface area contributed by atoms with Crippen molar-refractivity contribution in [3.05, 3.63) is 59.2 Å². The van der Waals surface area contributed by atoms with Crippen molar-refractivity contribution in [2.75, 3.05) is 12.4 Å². The predicted octanol–water partition coefficient (Wildman–Crippen LogP) is 1.31. The van der Waals surface area contributed by atoms with Crippen molar-refractivity contribution in [1.82, 2.24) is 10.2 Å². The molecule has 0 unspecified atom stereocenters. The highest BCUT2D eigenvalue weighted by Gasteiger charge is 2.71. The van der Waals surface area contributed by atoms with Crippen LogP contribution < -0.4 is 15.4 Å². The highest BCUT2D eigenvalue weighted by molar-refractivity contribution is 6.15. The van der Waals surface area contributed by atoms with E-state index in [1.54, 1.807) is 25.1 Å². The number of hydrogen-bond donors (Lipinski definition) is 3. The van der Waals surface area contributed by atoms with E-state index < -0.39 is 41.3 Å². The molecule has 32 heavy (non-hydrogen) atoms. The third kappa shape index (κ3) is 2.59. The molecule has 2 aromatic rings. The lowest BCUT2D eigenvalue weighted by atomic mass is 9.76. The van der Waals surface area contributed by atoms with Crippen molar-refractivity contribution in [1.29, 1.82) is 0 Å². The van der Waals surface area contributed by atoms with Crippen molar-refractivity contribution in [3.63, 3.8) is 0 Å². The monoisotopic (exact) mass is 435 g/mol. The summed E-state index contributed by atoms with van der Waals surface area (Å²) >= 11 is 0. The molecule has 0 saturated carbocycles. The smallest absolute Gasteiger partial charge is 0.250 e. The Bertz CT molecular complexity index is 1150. The van der Waals surface area contributed by atoms with E-state index in [0.29, 0.717) is 22.6 Å². The number of hydrogen-bond acceptors (Lipinski definition) is 6. The van der Waals surface area contributed by atoms with E-state index in [1.807, 2.05) is 31.2 Å². The zero-order valence-electron chi connectivity index (χ0n) is 18.1. The van der Waals surface area contributed by atoms with Crippen molar-refractivity contribution in [2.24, 2.45) is 11.8 Å². The average Bonchev–Trinajstić information content (AvgIpc) is 3.36. The largest absolute Gasteiger partial charge is 0.496 e. The molecule has 3 N–H and O–H groups in total. The van der Waals surface area contributed by atoms with Gasteiger partial charge in [0.05, 0.1) is 31.6 Å². The Morgan fingerprint density at radius 2 is 1.88 bits per heavy atom. The number of carbonyl (C=O) groups excluding carboxylic acids is 3. The Morgan fingerprint density at radius 3 is 2.59 bits per heavy atom. The van der Waals surface area contributed by atoms with Gasteiger partial charge in [-0.1, -0.05) is 36.4 Å². The number of para-hydroxylation sites is 2. The van der Waals surface area contributed by atoms with Crippen molar-refractivity contribution in [2.45, 2.75) is 38.1 Å². The first-order valence-corrected chi connectivity index (χ1v) is 10.7. The summed E-state index contributed by atoms with van der Waals surface area (Å²) in [6.45, 7) is 3.49. The highest BCUT2D eigenvalue weighted by atomic mass is 16.5. The van der Waals surface area contributed by atoms with E-state index in [2.05, 4.69) is 10.6 Å². The Hall–Kier alpha value is -3.23. The Morgan fingerprint density at radius 1 is 1.12 bits per heavy atom. The lowest BCUT2D eigenvalue weighted by Crippen LogP contribution is -2.54. The normalized spacial score (nSPS) is 29.3. The third-order valence-electron chi connectivity index (χ3n) is 7.03. The number of benzene rings is 2. The number of aryl methyl sites for hydroxylation is 1. The number of likely N-dealkylation sites (tertiary alicyclic amines) is 1. The van der Waals surface area contributed by atoms with Crippen LogP contribution in [0.3, 0.4) is 0 Å². The van der Waals surface area contributed by atoms with Gasteiger partial charge in [-0.25, -0.2) is 0 Å². The van der Waals surface area contributed by atoms with E-state index in [4.69, 9.17) is 4.74 Å². The zero-order chi connectivity index (χ0) is 22.8. The Kier molecular flexibility index (Phi) is 4.61. The van der Waals surface area contributed by atoms with Crippen LogP contribution in [0.5, 0.6) is 5.75 Å². The number of aliphatic hydroxyl groups is 1. The molecule has 166 valence electrons. The number of ether oxygens (including phenoxy) is 1. The molecule has 1 spiro atoms. The maximum absolute atomic E-state index is 13.7. The van der Waals surface area contributed by atoms with Gasteiger partial charge in [-0.2, -0.15) is 0 Å². The fourth-order valence-electron chi connectivity index (χ4n) is 5.54. The molecule has 0 radical (unpaired) electrons. The minimum absolute atomic E-state index is 0.0413. The van der Waals surface area contributed by atoms with Crippen LogP contribution in [0, 0.1) is 18.8 Å². The van der Waals surface area contributed by atoms with E-state index in [9.17, 15) is 19.5 Å². The van der Waals surface area contributed by atoms with Gasteiger partial charge < -0.3 is 15.2 Å². The van der Waals surface area contributed by atoms with Gasteiger partial charge in [0.25, 0.3) is 0 Å². The van der Waals surface area contributed by atoms with Gasteiger partial charge in [0.15, 0.2) is 0 Å². The van der Waals surface area contributed by atoms with Gasteiger partial charge in [-0.05, 0) is 25.5 Å². The standard InChI is InChI=1S/C24H25N3O5/c1-12-7-6-9-15-19(12)25-23(31)24(15)18-17(20(26-24)13(2)28)21(29)27(22(18)30)11-14-8-4-5-10-16(14)32-3/h4-10,13,17-18,20,26,28H,11H2,1-3H3,(H,25,31)/t13-,17+,18+,20-,24-/m1/s1. The second kappa shape index (κ2) is 7.15. The molecular formula is C24H25N3O5. The number of methoxy groups -OCH3 is 1. The van der Waals surface area contributed by atoms with Crippen LogP contribution in [0.1, 0.15) is 23.6 Å². The molecule has 3 amide bonds. The van der Waals surface area contributed by atoms with Gasteiger partial charge >= 0.3 is 0 Å². The van der Waals surface area contributed by atoms with Crippen LogP contribution in [-0.4, -0.2) is 47.0 Å². The maximum atomic E-state index is 13.7. The first-order chi connectivity index (χ1) is 15.3. The van der Waals surface area contributed by atoms with Gasteiger partial charge in [-0.15, -0.1) is 0 Å². The first-order valence-electron chi connectivity index (χ1n) is 10.7. The van der Waals surface area contributed by atoms with Crippen LogP contribution in [-0.2, 0) is 26.5 Å². The van der Waals surface area contributed by atoms with E-state index in [-0.39, 0.29) is 12.5 Å². The summed E-state index contributed by atoms with van der Waals surface area (Å²) in [5.41, 5.74) is 1.45. The number of carbonyl (C=O) groups is 3. The molecular weight excluding hydrogens is 410 g/mol. The lowest BCUT2D eigenvalue weighted by molar-refractivity contribution is -0.143. The van der Waals surface area contributed by atoms with Gasteiger partial charge in [0.2, 0.25) is 17.7 Å². The number of anilines is 1. The molecule has 5 atom stereocenters. The molecule has 2 aromatic carbocycles. The van der Waals surface area contributed by atoms with E-state index in [0.717, 1.165) is 5.56 Å².